The van der Waals surface area contributed by atoms with E-state index >= 15 is 0 Å². The van der Waals surface area contributed by atoms with Gasteiger partial charge in [0.2, 0.25) is 0 Å². The van der Waals surface area contributed by atoms with Crippen molar-refractivity contribution in [2.24, 2.45) is 0 Å². The summed E-state index contributed by atoms with van der Waals surface area (Å²) in [6.45, 7) is 0. The van der Waals surface area contributed by atoms with Gasteiger partial charge in [0.15, 0.2) is 0 Å². The molecule has 7 heteroatoms. The Labute approximate surface area is 135 Å². The van der Waals surface area contributed by atoms with Crippen LogP contribution in [-0.4, -0.2) is 15.1 Å². The van der Waals surface area contributed by atoms with Gasteiger partial charge < -0.3 is 15.1 Å². The summed E-state index contributed by atoms with van der Waals surface area (Å²) in [4.78, 5) is 16.5. The predicted octanol–water partition coefficient (Wildman–Crippen LogP) is 3.60. The van der Waals surface area contributed by atoms with Crippen molar-refractivity contribution in [1.29, 1.82) is 0 Å². The second kappa shape index (κ2) is 5.40. The van der Waals surface area contributed by atoms with Crippen molar-refractivity contribution in [3.8, 4) is 0 Å². The van der Waals surface area contributed by atoms with Gasteiger partial charge in [0.25, 0.3) is 0 Å². The molecule has 21 heavy (non-hydrogen) atoms. The van der Waals surface area contributed by atoms with E-state index in [-0.39, 0.29) is 11.3 Å². The Balaban J connectivity index is 2.19. The predicted molar refractivity (Wildman–Crippen MR) is 84.8 cm³/mol. The molecule has 1 atom stereocenters. The molecule has 1 unspecified atom stereocenters. The van der Waals surface area contributed by atoms with E-state index in [0.29, 0.717) is 25.5 Å². The highest BCUT2D eigenvalue weighted by Gasteiger charge is 2.21. The standard InChI is InChI=1S/C14H9Br2FN2O2/c15-7-2-1-3-9(17)12(7)13(20)6-4-10-11(5-8(6)16)19-14(21)18-10/h1-5,13,20H,(H2,18,19,21). The Kier molecular flexibility index (Phi) is 3.73. The second-order valence-corrected chi connectivity index (χ2v) is 6.24. The van der Waals surface area contributed by atoms with E-state index in [4.69, 9.17) is 0 Å². The van der Waals surface area contributed by atoms with E-state index in [2.05, 4.69) is 41.8 Å². The maximum atomic E-state index is 14.0. The van der Waals surface area contributed by atoms with Crippen LogP contribution in [0.15, 0.2) is 44.1 Å². The van der Waals surface area contributed by atoms with Crippen molar-refractivity contribution in [3.63, 3.8) is 0 Å². The van der Waals surface area contributed by atoms with Crippen molar-refractivity contribution in [2.45, 2.75) is 6.10 Å². The number of halogens is 3. The zero-order chi connectivity index (χ0) is 15.1. The molecule has 0 amide bonds. The van der Waals surface area contributed by atoms with Gasteiger partial charge in [0.05, 0.1) is 11.0 Å². The molecule has 0 saturated carbocycles. The third kappa shape index (κ3) is 2.56. The van der Waals surface area contributed by atoms with Crippen LogP contribution in [-0.2, 0) is 0 Å². The molecule has 0 aliphatic heterocycles. The van der Waals surface area contributed by atoms with E-state index in [9.17, 15) is 14.3 Å². The minimum atomic E-state index is -1.17. The van der Waals surface area contributed by atoms with Gasteiger partial charge in [-0.05, 0) is 24.3 Å². The van der Waals surface area contributed by atoms with E-state index in [1.165, 1.54) is 6.07 Å². The van der Waals surface area contributed by atoms with Crippen molar-refractivity contribution in [3.05, 3.63) is 66.7 Å². The number of hydrogen-bond donors (Lipinski definition) is 3. The molecule has 0 radical (unpaired) electrons. The summed E-state index contributed by atoms with van der Waals surface area (Å²) >= 11 is 6.58. The Bertz CT molecular complexity index is 868. The van der Waals surface area contributed by atoms with Crippen LogP contribution in [0.2, 0.25) is 0 Å². The zero-order valence-corrected chi connectivity index (χ0v) is 13.6. The summed E-state index contributed by atoms with van der Waals surface area (Å²) in [7, 11) is 0. The molecule has 0 aliphatic rings. The fourth-order valence-electron chi connectivity index (χ4n) is 2.21. The molecule has 4 nitrogen and oxygen atoms in total. The van der Waals surface area contributed by atoms with Gasteiger partial charge in [0.1, 0.15) is 11.9 Å². The van der Waals surface area contributed by atoms with Crippen LogP contribution in [0.1, 0.15) is 17.2 Å². The first-order valence-corrected chi connectivity index (χ1v) is 7.59. The van der Waals surface area contributed by atoms with Crippen LogP contribution in [0.4, 0.5) is 4.39 Å². The van der Waals surface area contributed by atoms with Crippen LogP contribution in [0.5, 0.6) is 0 Å². The van der Waals surface area contributed by atoms with Crippen LogP contribution in [0, 0.1) is 5.82 Å². The van der Waals surface area contributed by atoms with Crippen LogP contribution < -0.4 is 5.69 Å². The van der Waals surface area contributed by atoms with Crippen LogP contribution >= 0.6 is 31.9 Å². The minimum absolute atomic E-state index is 0.149. The summed E-state index contributed by atoms with van der Waals surface area (Å²) in [5.41, 5.74) is 1.43. The average Bonchev–Trinajstić information content (AvgIpc) is 2.76. The number of aromatic nitrogens is 2. The quantitative estimate of drug-likeness (QED) is 0.598. The molecule has 1 heterocycles. The monoisotopic (exact) mass is 414 g/mol. The lowest BCUT2D eigenvalue weighted by molar-refractivity contribution is 0.213. The minimum Gasteiger partial charge on any atom is -0.383 e. The van der Waals surface area contributed by atoms with Gasteiger partial charge in [-0.15, -0.1) is 0 Å². The smallest absolute Gasteiger partial charge is 0.323 e. The van der Waals surface area contributed by atoms with E-state index in [0.717, 1.165) is 0 Å². The number of nitrogens with one attached hydrogen (secondary N) is 2. The van der Waals surface area contributed by atoms with Crippen LogP contribution in [0.3, 0.4) is 0 Å². The molecule has 0 spiro atoms. The van der Waals surface area contributed by atoms with E-state index in [1.54, 1.807) is 24.3 Å². The fourth-order valence-corrected chi connectivity index (χ4v) is 3.33. The number of rotatable bonds is 2. The maximum Gasteiger partial charge on any atom is 0.323 e. The number of hydrogen-bond acceptors (Lipinski definition) is 2. The molecule has 2 aromatic carbocycles. The van der Waals surface area contributed by atoms with Gasteiger partial charge >= 0.3 is 5.69 Å². The van der Waals surface area contributed by atoms with Gasteiger partial charge in [-0.1, -0.05) is 37.9 Å². The van der Waals surface area contributed by atoms with Gasteiger partial charge in [-0.25, -0.2) is 9.18 Å². The highest BCUT2D eigenvalue weighted by Crippen LogP contribution is 2.35. The summed E-state index contributed by atoms with van der Waals surface area (Å²) in [5.74, 6) is -0.508. The molecule has 3 aromatic rings. The fraction of sp³-hybridized carbons (Fsp3) is 0.0714. The Morgan fingerprint density at radius 1 is 1.10 bits per heavy atom. The molecule has 3 rings (SSSR count). The lowest BCUT2D eigenvalue weighted by Crippen LogP contribution is -2.04. The van der Waals surface area contributed by atoms with E-state index < -0.39 is 11.9 Å². The average molecular weight is 416 g/mol. The third-order valence-electron chi connectivity index (χ3n) is 3.20. The van der Waals surface area contributed by atoms with Gasteiger partial charge in [0, 0.05) is 20.1 Å². The second-order valence-electron chi connectivity index (χ2n) is 4.54. The highest BCUT2D eigenvalue weighted by atomic mass is 79.9. The molecule has 0 saturated heterocycles. The van der Waals surface area contributed by atoms with Crippen molar-refractivity contribution >= 4 is 42.9 Å². The molecule has 1 aromatic heterocycles. The number of H-pyrrole nitrogens is 2. The number of benzene rings is 2. The molecule has 3 N–H and O–H groups in total. The molecule has 108 valence electrons. The number of fused-ring (bicyclic) bond motifs is 1. The third-order valence-corrected chi connectivity index (χ3v) is 4.58. The summed E-state index contributed by atoms with van der Waals surface area (Å²) in [6, 6.07) is 7.78. The van der Waals surface area contributed by atoms with Crippen molar-refractivity contribution < 1.29 is 9.50 Å². The van der Waals surface area contributed by atoms with Crippen molar-refractivity contribution in [2.75, 3.05) is 0 Å². The topological polar surface area (TPSA) is 68.9 Å². The Hall–Kier alpha value is -1.44. The first-order valence-electron chi connectivity index (χ1n) is 6.01. The molecule has 0 bridgehead atoms. The van der Waals surface area contributed by atoms with E-state index in [1.807, 2.05) is 0 Å². The molecule has 0 fully saturated rings. The summed E-state index contributed by atoms with van der Waals surface area (Å²) in [5, 5.41) is 10.5. The normalized spacial score (nSPS) is 12.8. The number of imidazole rings is 1. The number of aromatic amines is 2. The lowest BCUT2D eigenvalue weighted by Gasteiger charge is -2.16. The molecular formula is C14H9Br2FN2O2. The molecule has 0 aliphatic carbocycles. The summed E-state index contributed by atoms with van der Waals surface area (Å²) in [6.07, 6.45) is -1.17. The maximum absolute atomic E-state index is 14.0. The number of aliphatic hydroxyl groups is 1. The van der Waals surface area contributed by atoms with Gasteiger partial charge in [-0.2, -0.15) is 0 Å². The number of aliphatic hydroxyl groups excluding tert-OH is 1. The SMILES string of the molecule is O=c1[nH]c2cc(Br)c(C(O)c3c(F)cccc3Br)cc2[nH]1. The first kappa shape index (κ1) is 14.5. The zero-order valence-electron chi connectivity index (χ0n) is 10.5. The first-order chi connectivity index (χ1) is 9.97. The summed E-state index contributed by atoms with van der Waals surface area (Å²) < 4.78 is 15.0. The molecular weight excluding hydrogens is 407 g/mol. The highest BCUT2D eigenvalue weighted by molar-refractivity contribution is 9.10. The Morgan fingerprint density at radius 3 is 2.43 bits per heavy atom. The van der Waals surface area contributed by atoms with Gasteiger partial charge in [-0.3, -0.25) is 0 Å². The largest absolute Gasteiger partial charge is 0.383 e. The van der Waals surface area contributed by atoms with Crippen LogP contribution in [0.25, 0.3) is 11.0 Å². The Morgan fingerprint density at radius 2 is 1.76 bits per heavy atom. The lowest BCUT2D eigenvalue weighted by atomic mass is 10.0. The van der Waals surface area contributed by atoms with Crippen molar-refractivity contribution in [1.82, 2.24) is 9.97 Å².